The van der Waals surface area contributed by atoms with E-state index in [1.54, 1.807) is 4.90 Å². The van der Waals surface area contributed by atoms with Gasteiger partial charge in [-0.15, -0.1) is 11.6 Å². The van der Waals surface area contributed by atoms with Crippen LogP contribution < -0.4 is 5.73 Å². The molecule has 1 atom stereocenters. The lowest BCUT2D eigenvalue weighted by Crippen LogP contribution is -2.25. The molecule has 1 heterocycles. The highest BCUT2D eigenvalue weighted by Gasteiger charge is 2.27. The minimum atomic E-state index is -0.0533. The quantitative estimate of drug-likeness (QED) is 0.613. The average Bonchev–Trinajstić information content (AvgIpc) is 2.49. The maximum absolute atomic E-state index is 11.5. The van der Waals surface area contributed by atoms with E-state index in [1.807, 2.05) is 24.3 Å². The number of likely N-dealkylation sites (tertiary alicyclic amines) is 1. The van der Waals surface area contributed by atoms with Crippen molar-refractivity contribution >= 4 is 23.2 Å². The molecular weight excluding hydrogens is 212 g/mol. The minimum absolute atomic E-state index is 0.0533. The molecule has 1 fully saturated rings. The Labute approximate surface area is 93.8 Å². The van der Waals surface area contributed by atoms with Gasteiger partial charge >= 0.3 is 0 Å². The first kappa shape index (κ1) is 10.3. The fourth-order valence-corrected chi connectivity index (χ4v) is 2.06. The maximum Gasteiger partial charge on any atom is 0.224 e. The number of benzene rings is 1. The van der Waals surface area contributed by atoms with Crippen LogP contribution in [-0.4, -0.2) is 22.7 Å². The van der Waals surface area contributed by atoms with Crippen LogP contribution in [0.2, 0.25) is 0 Å². The second kappa shape index (κ2) is 4.11. The maximum atomic E-state index is 11.5. The summed E-state index contributed by atoms with van der Waals surface area (Å²) < 4.78 is 0. The van der Waals surface area contributed by atoms with Crippen LogP contribution in [0.15, 0.2) is 24.3 Å². The lowest BCUT2D eigenvalue weighted by Gasteiger charge is -2.16. The molecule has 3 nitrogen and oxygen atoms in total. The summed E-state index contributed by atoms with van der Waals surface area (Å²) in [4.78, 5) is 13.3. The topological polar surface area (TPSA) is 46.3 Å². The number of amides is 1. The number of nitrogens with two attached hydrogens (primary N) is 1. The molecule has 1 aliphatic heterocycles. The van der Waals surface area contributed by atoms with Gasteiger partial charge < -0.3 is 10.6 Å². The molecule has 15 heavy (non-hydrogen) atoms. The third-order valence-electron chi connectivity index (χ3n) is 2.58. The summed E-state index contributed by atoms with van der Waals surface area (Å²) in [6, 6.07) is 7.58. The number of nitrogens with zero attached hydrogens (tertiary/aromatic N) is 1. The van der Waals surface area contributed by atoms with Crippen LogP contribution in [0.1, 0.15) is 12.0 Å². The Morgan fingerprint density at radius 1 is 1.47 bits per heavy atom. The monoisotopic (exact) mass is 224 g/mol. The largest absolute Gasteiger partial charge is 0.398 e. The van der Waals surface area contributed by atoms with Gasteiger partial charge in [0.2, 0.25) is 5.91 Å². The van der Waals surface area contributed by atoms with Crippen molar-refractivity contribution in [3.05, 3.63) is 29.8 Å². The number of hydrogen-bond donors (Lipinski definition) is 1. The third kappa shape index (κ3) is 2.23. The smallest absolute Gasteiger partial charge is 0.224 e. The Hall–Kier alpha value is -1.22. The molecule has 4 heteroatoms. The van der Waals surface area contributed by atoms with Gasteiger partial charge in [0, 0.05) is 25.2 Å². The molecule has 1 amide bonds. The number of para-hydroxylation sites is 1. The number of hydrogen-bond acceptors (Lipinski definition) is 2. The fourth-order valence-electron chi connectivity index (χ4n) is 1.76. The standard InChI is InChI=1S/C11H13ClN2O/c12-9-5-11(15)14(7-9)6-8-3-1-2-4-10(8)13/h1-4,9H,5-7,13H2. The molecule has 80 valence electrons. The average molecular weight is 225 g/mol. The Kier molecular flexibility index (Phi) is 2.82. The molecule has 0 saturated carbocycles. The zero-order chi connectivity index (χ0) is 10.8. The van der Waals surface area contributed by atoms with Crippen molar-refractivity contribution in [2.75, 3.05) is 12.3 Å². The van der Waals surface area contributed by atoms with Crippen LogP contribution in [0.4, 0.5) is 5.69 Å². The molecule has 1 saturated heterocycles. The summed E-state index contributed by atoms with van der Waals surface area (Å²) >= 11 is 5.91. The number of rotatable bonds is 2. The Morgan fingerprint density at radius 2 is 2.20 bits per heavy atom. The third-order valence-corrected chi connectivity index (χ3v) is 2.88. The number of carbonyl (C=O) groups excluding carboxylic acids is 1. The molecule has 0 bridgehead atoms. The predicted molar refractivity (Wildman–Crippen MR) is 60.5 cm³/mol. The van der Waals surface area contributed by atoms with Crippen LogP contribution in [0.25, 0.3) is 0 Å². The van der Waals surface area contributed by atoms with Crippen LogP contribution in [0.3, 0.4) is 0 Å². The fraction of sp³-hybridized carbons (Fsp3) is 0.364. The molecule has 1 unspecified atom stereocenters. The zero-order valence-electron chi connectivity index (χ0n) is 8.32. The van der Waals surface area contributed by atoms with Gasteiger partial charge in [0.25, 0.3) is 0 Å². The summed E-state index contributed by atoms with van der Waals surface area (Å²) in [6.45, 7) is 1.18. The highest BCUT2D eigenvalue weighted by Crippen LogP contribution is 2.21. The molecule has 1 aliphatic rings. The van der Waals surface area contributed by atoms with Crippen molar-refractivity contribution in [2.45, 2.75) is 18.3 Å². The second-order valence-corrected chi connectivity index (χ2v) is 4.39. The molecule has 0 aromatic heterocycles. The van der Waals surface area contributed by atoms with E-state index in [9.17, 15) is 4.79 Å². The van der Waals surface area contributed by atoms with E-state index in [4.69, 9.17) is 17.3 Å². The van der Waals surface area contributed by atoms with E-state index in [0.717, 1.165) is 11.3 Å². The van der Waals surface area contributed by atoms with E-state index in [2.05, 4.69) is 0 Å². The molecule has 0 spiro atoms. The first-order valence-electron chi connectivity index (χ1n) is 4.92. The summed E-state index contributed by atoms with van der Waals surface area (Å²) in [5.74, 6) is 0.109. The van der Waals surface area contributed by atoms with E-state index in [0.29, 0.717) is 19.5 Å². The van der Waals surface area contributed by atoms with E-state index in [1.165, 1.54) is 0 Å². The van der Waals surface area contributed by atoms with Crippen molar-refractivity contribution in [3.63, 3.8) is 0 Å². The molecule has 2 N–H and O–H groups in total. The Morgan fingerprint density at radius 3 is 2.80 bits per heavy atom. The highest BCUT2D eigenvalue weighted by molar-refractivity contribution is 6.22. The number of carbonyl (C=O) groups is 1. The molecule has 0 radical (unpaired) electrons. The van der Waals surface area contributed by atoms with Gasteiger partial charge in [-0.3, -0.25) is 4.79 Å². The number of nitrogen functional groups attached to an aromatic ring is 1. The van der Waals surface area contributed by atoms with Gasteiger partial charge in [0.05, 0.1) is 5.38 Å². The summed E-state index contributed by atoms with van der Waals surface area (Å²) in [7, 11) is 0. The van der Waals surface area contributed by atoms with E-state index >= 15 is 0 Å². The van der Waals surface area contributed by atoms with Crippen LogP contribution in [-0.2, 0) is 11.3 Å². The minimum Gasteiger partial charge on any atom is -0.398 e. The predicted octanol–water partition coefficient (Wildman–Crippen LogP) is 1.61. The number of alkyl halides is 1. The molecule has 2 rings (SSSR count). The van der Waals surface area contributed by atoms with E-state index in [-0.39, 0.29) is 11.3 Å². The lowest BCUT2D eigenvalue weighted by atomic mass is 10.2. The molecule has 1 aromatic rings. The Bertz CT molecular complexity index is 381. The molecule has 0 aliphatic carbocycles. The lowest BCUT2D eigenvalue weighted by molar-refractivity contribution is -0.128. The van der Waals surface area contributed by atoms with Gasteiger partial charge in [-0.25, -0.2) is 0 Å². The summed E-state index contributed by atoms with van der Waals surface area (Å²) in [5.41, 5.74) is 7.52. The van der Waals surface area contributed by atoms with Crippen molar-refractivity contribution in [3.8, 4) is 0 Å². The van der Waals surface area contributed by atoms with Crippen molar-refractivity contribution < 1.29 is 4.79 Å². The Balaban J connectivity index is 2.09. The summed E-state index contributed by atoms with van der Waals surface area (Å²) in [5, 5.41) is -0.0533. The van der Waals surface area contributed by atoms with Crippen molar-refractivity contribution in [1.82, 2.24) is 4.90 Å². The normalized spacial score (nSPS) is 21.0. The van der Waals surface area contributed by atoms with Crippen molar-refractivity contribution in [2.24, 2.45) is 0 Å². The number of halogens is 1. The van der Waals surface area contributed by atoms with Gasteiger partial charge in [0.1, 0.15) is 0 Å². The van der Waals surface area contributed by atoms with Gasteiger partial charge in [0.15, 0.2) is 0 Å². The van der Waals surface area contributed by atoms with Gasteiger partial charge in [-0.2, -0.15) is 0 Å². The van der Waals surface area contributed by atoms with Crippen LogP contribution in [0, 0.1) is 0 Å². The first-order chi connectivity index (χ1) is 7.16. The van der Waals surface area contributed by atoms with Gasteiger partial charge in [-0.1, -0.05) is 18.2 Å². The highest BCUT2D eigenvalue weighted by atomic mass is 35.5. The SMILES string of the molecule is Nc1ccccc1CN1CC(Cl)CC1=O. The zero-order valence-corrected chi connectivity index (χ0v) is 9.07. The van der Waals surface area contributed by atoms with E-state index < -0.39 is 0 Å². The molecular formula is C11H13ClN2O. The molecule has 1 aromatic carbocycles. The van der Waals surface area contributed by atoms with Crippen LogP contribution in [0.5, 0.6) is 0 Å². The second-order valence-electron chi connectivity index (χ2n) is 3.77. The van der Waals surface area contributed by atoms with Crippen molar-refractivity contribution in [1.29, 1.82) is 0 Å². The van der Waals surface area contributed by atoms with Gasteiger partial charge in [-0.05, 0) is 11.6 Å². The van der Waals surface area contributed by atoms with Crippen LogP contribution >= 0.6 is 11.6 Å². The number of anilines is 1. The summed E-state index contributed by atoms with van der Waals surface area (Å²) in [6.07, 6.45) is 0.439. The first-order valence-corrected chi connectivity index (χ1v) is 5.35.